The number of alkyl halides is 3. The molecule has 0 fully saturated rings. The van der Waals surface area contributed by atoms with Crippen LogP contribution in [0.2, 0.25) is 0 Å². The summed E-state index contributed by atoms with van der Waals surface area (Å²) < 4.78 is 37.9. The summed E-state index contributed by atoms with van der Waals surface area (Å²) in [4.78, 5) is 11.4. The van der Waals surface area contributed by atoms with Crippen LogP contribution < -0.4 is 5.32 Å². The number of halogens is 3. The molecule has 0 rings (SSSR count). The van der Waals surface area contributed by atoms with Crippen molar-refractivity contribution in [2.75, 3.05) is 7.05 Å². The largest absolute Gasteiger partial charge is 0.401 e. The molecule has 0 aliphatic heterocycles. The summed E-state index contributed by atoms with van der Waals surface area (Å²) in [6.45, 7) is 3.49. The summed E-state index contributed by atoms with van der Waals surface area (Å²) in [7, 11) is 1.51. The van der Waals surface area contributed by atoms with Crippen LogP contribution in [0.25, 0.3) is 0 Å². The van der Waals surface area contributed by atoms with Gasteiger partial charge in [0.2, 0.25) is 5.91 Å². The van der Waals surface area contributed by atoms with Crippen LogP contribution in [0.4, 0.5) is 13.2 Å². The third-order valence-electron chi connectivity index (χ3n) is 3.30. The van der Waals surface area contributed by atoms with E-state index in [4.69, 9.17) is 10.8 Å². The lowest BCUT2D eigenvalue weighted by molar-refractivity contribution is -0.138. The smallest absolute Gasteiger partial charge is 0.359 e. The molecule has 0 aliphatic rings. The maximum atomic E-state index is 12.6. The van der Waals surface area contributed by atoms with Gasteiger partial charge in [0.05, 0.1) is 6.42 Å². The Morgan fingerprint density at radius 1 is 1.18 bits per heavy atom. The first-order chi connectivity index (χ1) is 10.2. The molecule has 7 heteroatoms. The SMILES string of the molecule is CC=C(CCC(=N)C(C=N)C(F)(F)F)C(=CC)CC(=O)NC. The molecule has 1 unspecified atom stereocenters. The van der Waals surface area contributed by atoms with Gasteiger partial charge in [-0.15, -0.1) is 0 Å². The average Bonchev–Trinajstić information content (AvgIpc) is 2.45. The van der Waals surface area contributed by atoms with Crippen molar-refractivity contribution in [3.63, 3.8) is 0 Å². The Kier molecular flexibility index (Phi) is 8.37. The van der Waals surface area contributed by atoms with Gasteiger partial charge in [-0.25, -0.2) is 0 Å². The van der Waals surface area contributed by atoms with Crippen LogP contribution in [0.15, 0.2) is 23.3 Å². The maximum absolute atomic E-state index is 12.6. The van der Waals surface area contributed by atoms with Gasteiger partial charge in [0.25, 0.3) is 0 Å². The summed E-state index contributed by atoms with van der Waals surface area (Å²) in [6.07, 6.45) is -0.617. The van der Waals surface area contributed by atoms with Crippen molar-refractivity contribution in [1.82, 2.24) is 5.32 Å². The van der Waals surface area contributed by atoms with E-state index >= 15 is 0 Å². The zero-order chi connectivity index (χ0) is 17.3. The molecule has 1 amide bonds. The van der Waals surface area contributed by atoms with Gasteiger partial charge in [0.15, 0.2) is 0 Å². The second-order valence-electron chi connectivity index (χ2n) is 4.69. The second-order valence-corrected chi connectivity index (χ2v) is 4.69. The zero-order valence-corrected chi connectivity index (χ0v) is 13.0. The summed E-state index contributed by atoms with van der Waals surface area (Å²) >= 11 is 0. The van der Waals surface area contributed by atoms with Gasteiger partial charge >= 0.3 is 6.18 Å². The monoisotopic (exact) mass is 317 g/mol. The highest BCUT2D eigenvalue weighted by Crippen LogP contribution is 2.28. The van der Waals surface area contributed by atoms with Crippen molar-refractivity contribution < 1.29 is 18.0 Å². The fraction of sp³-hybridized carbons (Fsp3) is 0.533. The number of nitrogens with one attached hydrogen (secondary N) is 3. The number of amides is 1. The lowest BCUT2D eigenvalue weighted by Gasteiger charge is -2.18. The van der Waals surface area contributed by atoms with Gasteiger partial charge in [-0.3, -0.25) is 4.79 Å². The molecule has 0 spiro atoms. The molecule has 0 aromatic heterocycles. The number of hydrogen-bond donors (Lipinski definition) is 3. The van der Waals surface area contributed by atoms with Crippen LogP contribution in [0.3, 0.4) is 0 Å². The Hall–Kier alpha value is -1.92. The van der Waals surface area contributed by atoms with E-state index in [2.05, 4.69) is 5.32 Å². The molecule has 0 aliphatic carbocycles. The highest BCUT2D eigenvalue weighted by molar-refractivity contribution is 5.96. The topological polar surface area (TPSA) is 76.8 Å². The fourth-order valence-electron chi connectivity index (χ4n) is 1.97. The van der Waals surface area contributed by atoms with E-state index in [1.54, 1.807) is 26.0 Å². The highest BCUT2D eigenvalue weighted by Gasteiger charge is 2.40. The summed E-state index contributed by atoms with van der Waals surface area (Å²) in [5.74, 6) is -2.33. The third-order valence-corrected chi connectivity index (χ3v) is 3.30. The number of hydrogen-bond acceptors (Lipinski definition) is 3. The first-order valence-electron chi connectivity index (χ1n) is 6.87. The van der Waals surface area contributed by atoms with Crippen LogP contribution in [-0.2, 0) is 4.79 Å². The number of rotatable bonds is 8. The molecule has 4 nitrogen and oxygen atoms in total. The predicted octanol–water partition coefficient (Wildman–Crippen LogP) is 3.64. The molecule has 0 bridgehead atoms. The van der Waals surface area contributed by atoms with Gasteiger partial charge in [0.1, 0.15) is 5.92 Å². The second kappa shape index (κ2) is 9.17. The van der Waals surface area contributed by atoms with Crippen molar-refractivity contribution in [3.05, 3.63) is 23.3 Å². The van der Waals surface area contributed by atoms with Crippen molar-refractivity contribution >= 4 is 17.8 Å². The molecule has 0 saturated carbocycles. The first kappa shape index (κ1) is 20.1. The fourth-order valence-corrected chi connectivity index (χ4v) is 1.97. The Bertz CT molecular complexity index is 479. The van der Waals surface area contributed by atoms with Crippen LogP contribution in [0.5, 0.6) is 0 Å². The predicted molar refractivity (Wildman–Crippen MR) is 81.5 cm³/mol. The standard InChI is InChI=1S/C15H22F3N3O/c1-4-10(11(5-2)8-14(22)21-3)6-7-13(20)12(9-19)15(16,17)18/h4-5,9,12,19-20H,6-8H2,1-3H3,(H,21,22). The molecule has 22 heavy (non-hydrogen) atoms. The highest BCUT2D eigenvalue weighted by atomic mass is 19.4. The minimum absolute atomic E-state index is 0.107. The van der Waals surface area contributed by atoms with Crippen molar-refractivity contribution in [1.29, 1.82) is 10.8 Å². The zero-order valence-electron chi connectivity index (χ0n) is 13.0. The summed E-state index contributed by atoms with van der Waals surface area (Å²) in [5, 5.41) is 16.9. The molecule has 124 valence electrons. The summed E-state index contributed by atoms with van der Waals surface area (Å²) in [6, 6.07) is 0. The van der Waals surface area contributed by atoms with Gasteiger partial charge in [0, 0.05) is 19.0 Å². The van der Waals surface area contributed by atoms with Crippen molar-refractivity contribution in [3.8, 4) is 0 Å². The Balaban J connectivity index is 4.88. The van der Waals surface area contributed by atoms with Gasteiger partial charge < -0.3 is 16.1 Å². The molecular formula is C15H22F3N3O. The van der Waals surface area contributed by atoms with Gasteiger partial charge in [-0.2, -0.15) is 13.2 Å². The Labute approximate surface area is 128 Å². The maximum Gasteiger partial charge on any atom is 0.401 e. The Morgan fingerprint density at radius 3 is 2.09 bits per heavy atom. The van der Waals surface area contributed by atoms with Crippen LogP contribution in [0, 0.1) is 16.7 Å². The minimum Gasteiger partial charge on any atom is -0.359 e. The number of carbonyl (C=O) groups excluding carboxylic acids is 1. The van der Waals surface area contributed by atoms with Crippen molar-refractivity contribution in [2.45, 2.75) is 39.3 Å². The van der Waals surface area contributed by atoms with Crippen molar-refractivity contribution in [2.24, 2.45) is 5.92 Å². The van der Waals surface area contributed by atoms with Gasteiger partial charge in [-0.1, -0.05) is 12.2 Å². The lowest BCUT2D eigenvalue weighted by Crippen LogP contribution is -2.31. The molecule has 1 atom stereocenters. The lowest BCUT2D eigenvalue weighted by atomic mass is 9.93. The molecule has 0 aromatic carbocycles. The third kappa shape index (κ3) is 6.24. The van der Waals surface area contributed by atoms with E-state index in [-0.39, 0.29) is 31.4 Å². The van der Waals surface area contributed by atoms with Gasteiger partial charge in [-0.05, 0) is 37.8 Å². The molecule has 0 radical (unpaired) electrons. The summed E-state index contributed by atoms with van der Waals surface area (Å²) in [5.41, 5.74) is 0.923. The molecule has 3 N–H and O–H groups in total. The molecule has 0 aromatic rings. The normalized spacial score (nSPS) is 14.5. The number of allylic oxidation sites excluding steroid dienone is 3. The molecule has 0 saturated heterocycles. The van der Waals surface area contributed by atoms with E-state index < -0.39 is 17.8 Å². The van der Waals surface area contributed by atoms with E-state index in [1.165, 1.54) is 7.05 Å². The Morgan fingerprint density at radius 2 is 1.73 bits per heavy atom. The minimum atomic E-state index is -4.61. The molecular weight excluding hydrogens is 295 g/mol. The van der Waals surface area contributed by atoms with E-state index in [9.17, 15) is 18.0 Å². The van der Waals surface area contributed by atoms with Crippen LogP contribution in [0.1, 0.15) is 33.1 Å². The van der Waals surface area contributed by atoms with E-state index in [0.29, 0.717) is 0 Å². The molecule has 0 heterocycles. The van der Waals surface area contributed by atoms with Crippen LogP contribution in [-0.4, -0.2) is 31.1 Å². The van der Waals surface area contributed by atoms with E-state index in [1.807, 2.05) is 0 Å². The number of carbonyl (C=O) groups is 1. The van der Waals surface area contributed by atoms with E-state index in [0.717, 1.165) is 11.1 Å². The van der Waals surface area contributed by atoms with Crippen LogP contribution >= 0.6 is 0 Å². The quantitative estimate of drug-likeness (QED) is 0.464. The first-order valence-corrected chi connectivity index (χ1v) is 6.87. The average molecular weight is 317 g/mol.